The van der Waals surface area contributed by atoms with Gasteiger partial charge >= 0.3 is 5.63 Å². The van der Waals surface area contributed by atoms with Gasteiger partial charge in [0.2, 0.25) is 5.91 Å². The third-order valence-electron chi connectivity index (χ3n) is 8.29. The summed E-state index contributed by atoms with van der Waals surface area (Å²) in [6.45, 7) is -0.518. The number of hydrogen-bond donors (Lipinski definition) is 4. The number of ether oxygens (including phenoxy) is 3. The van der Waals surface area contributed by atoms with Crippen molar-refractivity contribution in [1.82, 2.24) is 10.2 Å². The van der Waals surface area contributed by atoms with E-state index in [1.54, 1.807) is 49.6 Å². The van der Waals surface area contributed by atoms with Crippen LogP contribution in [-0.4, -0.2) is 84.2 Å². The van der Waals surface area contributed by atoms with E-state index in [9.17, 15) is 29.7 Å². The molecular formula is C36H37IN2O10. The largest absolute Gasteiger partial charge is 0.496 e. The van der Waals surface area contributed by atoms with Crippen LogP contribution in [0, 0.1) is 3.57 Å². The molecule has 2 amide bonds. The summed E-state index contributed by atoms with van der Waals surface area (Å²) in [4.78, 5) is 42.4. The SMILES string of the molecule is COc1ccccc1CCN(C(=O)c1cc2ccccc2oc1=O)[C@@H]1CC(C(=O)NCCO)=C[C@H](Oc2c(I)cc(CO)cc2OC)[C@H]1O. The summed E-state index contributed by atoms with van der Waals surface area (Å²) in [5.41, 5.74) is 0.806. The molecule has 0 fully saturated rings. The lowest BCUT2D eigenvalue weighted by Crippen LogP contribution is -2.56. The van der Waals surface area contributed by atoms with Gasteiger partial charge in [-0.25, -0.2) is 4.79 Å². The lowest BCUT2D eigenvalue weighted by molar-refractivity contribution is -0.118. The highest BCUT2D eigenvalue weighted by atomic mass is 127. The molecule has 0 aliphatic heterocycles. The molecule has 12 nitrogen and oxygen atoms in total. The minimum atomic E-state index is -1.39. The van der Waals surface area contributed by atoms with Crippen LogP contribution in [0.3, 0.4) is 0 Å². The Morgan fingerprint density at radius 2 is 1.76 bits per heavy atom. The Morgan fingerprint density at radius 1 is 1.02 bits per heavy atom. The second kappa shape index (κ2) is 16.3. The van der Waals surface area contributed by atoms with E-state index in [2.05, 4.69) is 5.32 Å². The highest BCUT2D eigenvalue weighted by molar-refractivity contribution is 14.1. The van der Waals surface area contributed by atoms with E-state index >= 15 is 0 Å². The van der Waals surface area contributed by atoms with E-state index < -0.39 is 35.7 Å². The molecule has 5 rings (SSSR count). The van der Waals surface area contributed by atoms with Gasteiger partial charge in [-0.2, -0.15) is 0 Å². The van der Waals surface area contributed by atoms with Gasteiger partial charge in [-0.3, -0.25) is 9.59 Å². The number of aliphatic hydroxyl groups excluding tert-OH is 3. The number of amides is 2. The monoisotopic (exact) mass is 784 g/mol. The van der Waals surface area contributed by atoms with Gasteiger partial charge in [-0.15, -0.1) is 0 Å². The van der Waals surface area contributed by atoms with Gasteiger partial charge < -0.3 is 44.2 Å². The van der Waals surface area contributed by atoms with E-state index in [0.717, 1.165) is 5.56 Å². The van der Waals surface area contributed by atoms with Crippen LogP contribution in [0.5, 0.6) is 17.2 Å². The summed E-state index contributed by atoms with van der Waals surface area (Å²) in [7, 11) is 2.98. The topological polar surface area (TPSA) is 168 Å². The smallest absolute Gasteiger partial charge is 0.349 e. The summed E-state index contributed by atoms with van der Waals surface area (Å²) in [6.07, 6.45) is -0.872. The minimum absolute atomic E-state index is 0.0160. The zero-order valence-electron chi connectivity index (χ0n) is 26.9. The summed E-state index contributed by atoms with van der Waals surface area (Å²) in [5, 5.41) is 34.2. The van der Waals surface area contributed by atoms with Gasteiger partial charge in [-0.1, -0.05) is 36.4 Å². The van der Waals surface area contributed by atoms with Gasteiger partial charge in [0.1, 0.15) is 29.1 Å². The number of aliphatic hydroxyl groups is 3. The molecule has 1 aromatic heterocycles. The quantitative estimate of drug-likeness (QED) is 0.117. The van der Waals surface area contributed by atoms with Crippen molar-refractivity contribution in [3.05, 3.63) is 109 Å². The van der Waals surface area contributed by atoms with Gasteiger partial charge in [-0.05, 0) is 76.5 Å². The van der Waals surface area contributed by atoms with Crippen molar-refractivity contribution >= 4 is 45.4 Å². The maximum absolute atomic E-state index is 14.5. The average Bonchev–Trinajstić information content (AvgIpc) is 3.12. The van der Waals surface area contributed by atoms with Gasteiger partial charge in [0.15, 0.2) is 11.5 Å². The number of rotatable bonds is 13. The molecule has 49 heavy (non-hydrogen) atoms. The van der Waals surface area contributed by atoms with Gasteiger partial charge in [0.25, 0.3) is 5.91 Å². The van der Waals surface area contributed by atoms with Crippen molar-refractivity contribution in [3.8, 4) is 17.2 Å². The fourth-order valence-corrected chi connectivity index (χ4v) is 6.62. The van der Waals surface area contributed by atoms with E-state index in [-0.39, 0.29) is 56.0 Å². The first-order valence-corrected chi connectivity index (χ1v) is 16.6. The van der Waals surface area contributed by atoms with E-state index in [1.807, 2.05) is 40.8 Å². The maximum atomic E-state index is 14.5. The fourth-order valence-electron chi connectivity index (χ4n) is 5.83. The zero-order chi connectivity index (χ0) is 35.1. The molecule has 0 saturated carbocycles. The number of halogens is 1. The Bertz CT molecular complexity index is 1910. The molecule has 3 aromatic carbocycles. The zero-order valence-corrected chi connectivity index (χ0v) is 29.1. The van der Waals surface area contributed by atoms with Crippen molar-refractivity contribution in [2.24, 2.45) is 0 Å². The number of benzene rings is 3. The normalized spacial score (nSPS) is 17.3. The number of nitrogens with one attached hydrogen (secondary N) is 1. The molecule has 0 saturated heterocycles. The Balaban J connectivity index is 1.59. The second-order valence-electron chi connectivity index (χ2n) is 11.3. The van der Waals surface area contributed by atoms with Gasteiger partial charge in [0, 0.05) is 30.5 Å². The van der Waals surface area contributed by atoms with Crippen LogP contribution in [0.4, 0.5) is 0 Å². The van der Waals surface area contributed by atoms with Crippen molar-refractivity contribution in [2.75, 3.05) is 33.9 Å². The molecular weight excluding hydrogens is 747 g/mol. The maximum Gasteiger partial charge on any atom is 0.349 e. The first kappa shape index (κ1) is 35.9. The number of hydrogen-bond acceptors (Lipinski definition) is 10. The van der Waals surface area contributed by atoms with Crippen LogP contribution in [0.1, 0.15) is 27.9 Å². The molecule has 1 aliphatic carbocycles. The van der Waals surface area contributed by atoms with Crippen LogP contribution in [-0.2, 0) is 17.8 Å². The van der Waals surface area contributed by atoms with Crippen LogP contribution in [0.2, 0.25) is 0 Å². The second-order valence-corrected chi connectivity index (χ2v) is 12.5. The minimum Gasteiger partial charge on any atom is -0.496 e. The van der Waals surface area contributed by atoms with E-state index in [1.165, 1.54) is 24.2 Å². The summed E-state index contributed by atoms with van der Waals surface area (Å²) >= 11 is 2.03. The molecule has 0 unspecified atom stereocenters. The Morgan fingerprint density at radius 3 is 2.49 bits per heavy atom. The molecule has 4 N–H and O–H groups in total. The first-order chi connectivity index (χ1) is 23.7. The third-order valence-corrected chi connectivity index (χ3v) is 9.09. The predicted molar refractivity (Wildman–Crippen MR) is 189 cm³/mol. The Labute approximate surface area is 296 Å². The standard InChI is InChI=1S/C36H37IN2O10/c1-46-28-9-5-3-7-22(28)11-13-39(35(44)25-17-23-8-4-6-10-29(23)49-36(25)45)27-18-24(34(43)38-12-14-40)19-30(32(27)42)48-33-26(37)15-21(20-41)16-31(33)47-2/h3-10,15-17,19,27,30,32,40-42H,11-14,18,20H2,1-2H3,(H,38,43)/t27-,30+,32+/m1/s1. The summed E-state index contributed by atoms with van der Waals surface area (Å²) < 4.78 is 23.5. The Hall–Kier alpha value is -4.44. The molecule has 13 heteroatoms. The number of carbonyl (C=O) groups is 2. The fraction of sp³-hybridized carbons (Fsp3) is 0.306. The third kappa shape index (κ3) is 8.07. The van der Waals surface area contributed by atoms with Crippen LogP contribution in [0.25, 0.3) is 11.0 Å². The molecule has 4 aromatic rings. The van der Waals surface area contributed by atoms with E-state index in [4.69, 9.17) is 18.6 Å². The highest BCUT2D eigenvalue weighted by Gasteiger charge is 2.41. The highest BCUT2D eigenvalue weighted by Crippen LogP contribution is 2.37. The van der Waals surface area contributed by atoms with Crippen LogP contribution < -0.4 is 25.2 Å². The van der Waals surface area contributed by atoms with Crippen molar-refractivity contribution < 1.29 is 43.5 Å². The lowest BCUT2D eigenvalue weighted by Gasteiger charge is -2.40. The molecule has 0 bridgehead atoms. The van der Waals surface area contributed by atoms with Crippen molar-refractivity contribution in [3.63, 3.8) is 0 Å². The average molecular weight is 785 g/mol. The Kier molecular flexibility index (Phi) is 11.9. The molecule has 0 spiro atoms. The number of nitrogens with zero attached hydrogens (tertiary/aromatic N) is 1. The van der Waals surface area contributed by atoms with Gasteiger partial charge in [0.05, 0.1) is 37.0 Å². The number of carbonyl (C=O) groups excluding carboxylic acids is 2. The van der Waals surface area contributed by atoms with Crippen LogP contribution in [0.15, 0.2) is 87.6 Å². The summed E-state index contributed by atoms with van der Waals surface area (Å²) in [5.74, 6) is -0.0587. The molecule has 3 atom stereocenters. The van der Waals surface area contributed by atoms with Crippen molar-refractivity contribution in [2.45, 2.75) is 37.7 Å². The number of fused-ring (bicyclic) bond motifs is 1. The van der Waals surface area contributed by atoms with E-state index in [0.29, 0.717) is 31.6 Å². The molecule has 0 radical (unpaired) electrons. The number of methoxy groups -OCH3 is 2. The number of para-hydroxylation sites is 2. The molecule has 258 valence electrons. The molecule has 1 aliphatic rings. The lowest BCUT2D eigenvalue weighted by atomic mass is 9.87. The van der Waals surface area contributed by atoms with Crippen molar-refractivity contribution in [1.29, 1.82) is 0 Å². The summed E-state index contributed by atoms with van der Waals surface area (Å²) in [6, 6.07) is 17.8. The van der Waals surface area contributed by atoms with Crippen LogP contribution >= 0.6 is 22.6 Å². The predicted octanol–water partition coefficient (Wildman–Crippen LogP) is 3.21. The first-order valence-electron chi connectivity index (χ1n) is 15.6. The molecule has 1 heterocycles.